The number of hydrogen-bond acceptors (Lipinski definition) is 4. The zero-order chi connectivity index (χ0) is 14.0. The van der Waals surface area contributed by atoms with Crippen LogP contribution in [0.2, 0.25) is 0 Å². The second-order valence-electron chi connectivity index (χ2n) is 4.60. The molecule has 1 saturated heterocycles. The maximum atomic E-state index is 12.6. The molecule has 7 heteroatoms. The molecule has 0 radical (unpaired) electrons. The molecule has 0 spiro atoms. The SMILES string of the molecule is CCC1OCCC1C(NC)c1cnc(C(F)(F)F)s1. The standard InChI is InChI=1S/C12H17F3N2OS/c1-3-8-7(4-5-18-8)10(16-2)9-6-17-11(19-9)12(13,14)15/h6-8,10,16H,3-5H2,1-2H3. The van der Waals surface area contributed by atoms with Gasteiger partial charge in [-0.05, 0) is 19.9 Å². The summed E-state index contributed by atoms with van der Waals surface area (Å²) in [6, 6.07) is -0.124. The molecular weight excluding hydrogens is 277 g/mol. The third-order valence-electron chi connectivity index (χ3n) is 3.47. The van der Waals surface area contributed by atoms with E-state index in [0.717, 1.165) is 24.2 Å². The molecule has 1 N–H and O–H groups in total. The molecular formula is C12H17F3N2OS. The molecule has 1 fully saturated rings. The van der Waals surface area contributed by atoms with E-state index >= 15 is 0 Å². The van der Waals surface area contributed by atoms with Gasteiger partial charge in [0, 0.05) is 29.6 Å². The summed E-state index contributed by atoms with van der Waals surface area (Å²) in [6.07, 6.45) is -1.19. The average molecular weight is 294 g/mol. The van der Waals surface area contributed by atoms with E-state index in [1.807, 2.05) is 6.92 Å². The van der Waals surface area contributed by atoms with Gasteiger partial charge in [-0.1, -0.05) is 6.92 Å². The lowest BCUT2D eigenvalue weighted by Crippen LogP contribution is -2.30. The van der Waals surface area contributed by atoms with Crippen molar-refractivity contribution in [2.45, 2.75) is 38.1 Å². The van der Waals surface area contributed by atoms with Crippen LogP contribution in [0.1, 0.15) is 35.7 Å². The molecule has 3 atom stereocenters. The Morgan fingerprint density at radius 2 is 2.32 bits per heavy atom. The van der Waals surface area contributed by atoms with Crippen LogP contribution >= 0.6 is 11.3 Å². The Labute approximate surface area is 114 Å². The molecule has 3 unspecified atom stereocenters. The number of hydrogen-bond donors (Lipinski definition) is 1. The van der Waals surface area contributed by atoms with Gasteiger partial charge >= 0.3 is 6.18 Å². The van der Waals surface area contributed by atoms with Crippen molar-refractivity contribution in [3.8, 4) is 0 Å². The monoisotopic (exact) mass is 294 g/mol. The summed E-state index contributed by atoms with van der Waals surface area (Å²) in [4.78, 5) is 4.12. The summed E-state index contributed by atoms with van der Waals surface area (Å²) in [5, 5.41) is 2.33. The zero-order valence-electron chi connectivity index (χ0n) is 10.8. The normalized spacial score (nSPS) is 25.7. The predicted octanol–water partition coefficient (Wildman–Crippen LogP) is 3.24. The van der Waals surface area contributed by atoms with Gasteiger partial charge in [0.15, 0.2) is 5.01 Å². The van der Waals surface area contributed by atoms with E-state index in [2.05, 4.69) is 10.3 Å². The summed E-state index contributed by atoms with van der Waals surface area (Å²) >= 11 is 0.718. The third-order valence-corrected chi connectivity index (χ3v) is 4.60. The van der Waals surface area contributed by atoms with Gasteiger partial charge in [-0.25, -0.2) is 4.98 Å². The van der Waals surface area contributed by atoms with Crippen LogP contribution in [0, 0.1) is 5.92 Å². The summed E-state index contributed by atoms with van der Waals surface area (Å²) < 4.78 is 43.4. The van der Waals surface area contributed by atoms with Crippen LogP contribution in [0.5, 0.6) is 0 Å². The predicted molar refractivity (Wildman–Crippen MR) is 67.1 cm³/mol. The highest BCUT2D eigenvalue weighted by Gasteiger charge is 2.38. The van der Waals surface area contributed by atoms with Crippen LogP contribution in [0.15, 0.2) is 6.20 Å². The Balaban J connectivity index is 2.20. The maximum absolute atomic E-state index is 12.6. The van der Waals surface area contributed by atoms with Crippen molar-refractivity contribution in [3.63, 3.8) is 0 Å². The zero-order valence-corrected chi connectivity index (χ0v) is 11.6. The van der Waals surface area contributed by atoms with Crippen molar-refractivity contribution in [2.24, 2.45) is 5.92 Å². The van der Waals surface area contributed by atoms with Gasteiger partial charge in [-0.3, -0.25) is 0 Å². The van der Waals surface area contributed by atoms with E-state index in [4.69, 9.17) is 4.74 Å². The first-order valence-corrected chi connectivity index (χ1v) is 7.10. The molecule has 1 aliphatic rings. The number of nitrogens with zero attached hydrogens (tertiary/aromatic N) is 1. The molecule has 1 aromatic heterocycles. The van der Waals surface area contributed by atoms with Crippen molar-refractivity contribution in [2.75, 3.05) is 13.7 Å². The van der Waals surface area contributed by atoms with Crippen LogP contribution in [-0.2, 0) is 10.9 Å². The first-order chi connectivity index (χ1) is 8.97. The second-order valence-corrected chi connectivity index (χ2v) is 5.66. The van der Waals surface area contributed by atoms with E-state index in [9.17, 15) is 13.2 Å². The van der Waals surface area contributed by atoms with Crippen LogP contribution in [0.3, 0.4) is 0 Å². The molecule has 0 amide bonds. The first kappa shape index (κ1) is 14.7. The third kappa shape index (κ3) is 3.09. The largest absolute Gasteiger partial charge is 0.443 e. The van der Waals surface area contributed by atoms with Gasteiger partial charge in [0.05, 0.1) is 6.10 Å². The molecule has 1 aromatic rings. The number of aromatic nitrogens is 1. The highest BCUT2D eigenvalue weighted by Crippen LogP contribution is 2.39. The lowest BCUT2D eigenvalue weighted by atomic mass is 9.90. The fourth-order valence-electron chi connectivity index (χ4n) is 2.60. The molecule has 2 rings (SSSR count). The Morgan fingerprint density at radius 1 is 1.58 bits per heavy atom. The second kappa shape index (κ2) is 5.76. The topological polar surface area (TPSA) is 34.1 Å². The van der Waals surface area contributed by atoms with Crippen LogP contribution in [-0.4, -0.2) is 24.7 Å². The van der Waals surface area contributed by atoms with Crippen molar-refractivity contribution in [3.05, 3.63) is 16.1 Å². The molecule has 0 aliphatic carbocycles. The Morgan fingerprint density at radius 3 is 2.84 bits per heavy atom. The van der Waals surface area contributed by atoms with Gasteiger partial charge in [0.1, 0.15) is 0 Å². The minimum Gasteiger partial charge on any atom is -0.378 e. The summed E-state index contributed by atoms with van der Waals surface area (Å²) in [7, 11) is 1.77. The van der Waals surface area contributed by atoms with E-state index in [1.165, 1.54) is 6.20 Å². The van der Waals surface area contributed by atoms with E-state index in [1.54, 1.807) is 7.05 Å². The van der Waals surface area contributed by atoms with Crippen molar-refractivity contribution >= 4 is 11.3 Å². The van der Waals surface area contributed by atoms with Crippen LogP contribution < -0.4 is 5.32 Å². The number of nitrogens with one attached hydrogen (secondary N) is 1. The summed E-state index contributed by atoms with van der Waals surface area (Å²) in [6.45, 7) is 2.70. The van der Waals surface area contributed by atoms with E-state index in [-0.39, 0.29) is 18.1 Å². The van der Waals surface area contributed by atoms with E-state index in [0.29, 0.717) is 11.5 Å². The molecule has 0 saturated carbocycles. The molecule has 19 heavy (non-hydrogen) atoms. The van der Waals surface area contributed by atoms with Crippen molar-refractivity contribution < 1.29 is 17.9 Å². The Kier molecular flexibility index (Phi) is 4.47. The van der Waals surface area contributed by atoms with Gasteiger partial charge < -0.3 is 10.1 Å². The summed E-state index contributed by atoms with van der Waals surface area (Å²) in [5.41, 5.74) is 0. The number of alkyl halides is 3. The minimum atomic E-state index is -4.36. The number of thiazole rings is 1. The van der Waals surface area contributed by atoms with Crippen molar-refractivity contribution in [1.29, 1.82) is 0 Å². The van der Waals surface area contributed by atoms with Gasteiger partial charge in [0.25, 0.3) is 0 Å². The number of ether oxygens (including phenoxy) is 1. The fraction of sp³-hybridized carbons (Fsp3) is 0.750. The lowest BCUT2D eigenvalue weighted by Gasteiger charge is -2.25. The first-order valence-electron chi connectivity index (χ1n) is 6.29. The Hall–Kier alpha value is -0.660. The highest BCUT2D eigenvalue weighted by atomic mass is 32.1. The van der Waals surface area contributed by atoms with Gasteiger partial charge in [-0.2, -0.15) is 13.2 Å². The quantitative estimate of drug-likeness (QED) is 0.925. The van der Waals surface area contributed by atoms with Crippen LogP contribution in [0.4, 0.5) is 13.2 Å². The maximum Gasteiger partial charge on any atom is 0.443 e. The molecule has 0 bridgehead atoms. The highest BCUT2D eigenvalue weighted by molar-refractivity contribution is 7.11. The van der Waals surface area contributed by atoms with Crippen LogP contribution in [0.25, 0.3) is 0 Å². The lowest BCUT2D eigenvalue weighted by molar-refractivity contribution is -0.137. The molecule has 1 aliphatic heterocycles. The molecule has 3 nitrogen and oxygen atoms in total. The van der Waals surface area contributed by atoms with Crippen molar-refractivity contribution in [1.82, 2.24) is 10.3 Å². The minimum absolute atomic E-state index is 0.105. The average Bonchev–Trinajstić information content (AvgIpc) is 2.97. The number of rotatable bonds is 4. The molecule has 108 valence electrons. The number of halogens is 3. The van der Waals surface area contributed by atoms with Gasteiger partial charge in [-0.15, -0.1) is 11.3 Å². The molecule has 0 aromatic carbocycles. The van der Waals surface area contributed by atoms with E-state index < -0.39 is 11.2 Å². The smallest absolute Gasteiger partial charge is 0.378 e. The summed E-state index contributed by atoms with van der Waals surface area (Å²) in [5.74, 6) is 0.205. The molecule has 2 heterocycles. The Bertz CT molecular complexity index is 421. The fourth-order valence-corrected chi connectivity index (χ4v) is 3.57. The van der Waals surface area contributed by atoms with Gasteiger partial charge in [0.2, 0.25) is 0 Å².